The lowest BCUT2D eigenvalue weighted by Crippen LogP contribution is -2.28. The van der Waals surface area contributed by atoms with E-state index in [1.54, 1.807) is 12.1 Å². The van der Waals surface area contributed by atoms with E-state index >= 15 is 0 Å². The Labute approximate surface area is 96.3 Å². The van der Waals surface area contributed by atoms with Gasteiger partial charge in [0.05, 0.1) is 6.20 Å². The van der Waals surface area contributed by atoms with Crippen molar-refractivity contribution >= 4 is 23.0 Å². The molecule has 17 heavy (non-hydrogen) atoms. The molecule has 0 saturated heterocycles. The molecule has 2 heterocycles. The molecule has 0 bridgehead atoms. The maximum Gasteiger partial charge on any atom is 0.320 e. The van der Waals surface area contributed by atoms with Crippen LogP contribution in [0.15, 0.2) is 23.1 Å². The summed E-state index contributed by atoms with van der Waals surface area (Å²) in [6, 6.07) is 2.94. The fraction of sp³-hybridized carbons (Fsp3) is 0.200. The van der Waals surface area contributed by atoms with Gasteiger partial charge in [-0.05, 0) is 19.1 Å². The number of H-pyrrole nitrogens is 1. The predicted molar refractivity (Wildman–Crippen MR) is 62.9 cm³/mol. The molecule has 0 aliphatic rings. The molecule has 0 spiro atoms. The lowest BCUT2D eigenvalue weighted by atomic mass is 10.4. The average Bonchev–Trinajstić information content (AvgIpc) is 2.28. The van der Waals surface area contributed by atoms with Gasteiger partial charge in [0.15, 0.2) is 5.65 Å². The second-order valence-corrected chi connectivity index (χ2v) is 3.30. The average molecular weight is 233 g/mol. The molecule has 7 heteroatoms. The number of urea groups is 1. The highest BCUT2D eigenvalue weighted by atomic mass is 16.2. The van der Waals surface area contributed by atoms with Crippen molar-refractivity contribution in [2.24, 2.45) is 0 Å². The maximum atomic E-state index is 11.3. The molecule has 2 amide bonds. The van der Waals surface area contributed by atoms with Crippen LogP contribution in [0.5, 0.6) is 0 Å². The number of hydrogen-bond donors (Lipinski definition) is 3. The van der Waals surface area contributed by atoms with Gasteiger partial charge in [0.25, 0.3) is 5.56 Å². The highest BCUT2D eigenvalue weighted by Crippen LogP contribution is 2.08. The highest BCUT2D eigenvalue weighted by Gasteiger charge is 2.03. The largest absolute Gasteiger partial charge is 0.338 e. The first-order chi connectivity index (χ1) is 8.19. The molecule has 0 atom stereocenters. The fourth-order valence-corrected chi connectivity index (χ4v) is 1.32. The molecule has 0 aliphatic carbocycles. The Hall–Kier alpha value is -2.44. The van der Waals surface area contributed by atoms with E-state index in [2.05, 4.69) is 25.6 Å². The van der Waals surface area contributed by atoms with Crippen LogP contribution in [-0.4, -0.2) is 27.5 Å². The predicted octanol–water partition coefficient (Wildman–Crippen LogP) is 0.460. The molecule has 3 N–H and O–H groups in total. The van der Waals surface area contributed by atoms with Crippen LogP contribution in [0.25, 0.3) is 11.2 Å². The number of fused-ring (bicyclic) bond motifs is 1. The van der Waals surface area contributed by atoms with Gasteiger partial charge >= 0.3 is 6.03 Å². The summed E-state index contributed by atoms with van der Waals surface area (Å²) in [6.07, 6.45) is 1.18. The van der Waals surface area contributed by atoms with Crippen molar-refractivity contribution < 1.29 is 4.79 Å². The summed E-state index contributed by atoms with van der Waals surface area (Å²) in [5.41, 5.74) is 0.568. The number of pyridine rings is 1. The molecule has 0 aromatic carbocycles. The number of carbonyl (C=O) groups is 1. The van der Waals surface area contributed by atoms with E-state index in [-0.39, 0.29) is 11.6 Å². The Morgan fingerprint density at radius 2 is 2.29 bits per heavy atom. The minimum absolute atomic E-state index is 0.333. The van der Waals surface area contributed by atoms with E-state index in [4.69, 9.17) is 0 Å². The fourth-order valence-electron chi connectivity index (χ4n) is 1.32. The number of aromatic nitrogens is 3. The van der Waals surface area contributed by atoms with Crippen LogP contribution >= 0.6 is 0 Å². The van der Waals surface area contributed by atoms with E-state index < -0.39 is 0 Å². The summed E-state index contributed by atoms with van der Waals surface area (Å²) in [7, 11) is 0. The third kappa shape index (κ3) is 2.57. The first-order valence-corrected chi connectivity index (χ1v) is 5.10. The van der Waals surface area contributed by atoms with E-state index in [0.29, 0.717) is 23.5 Å². The zero-order valence-corrected chi connectivity index (χ0v) is 9.15. The Kier molecular flexibility index (Phi) is 2.99. The SMILES string of the molecule is CCNC(=O)Nc1ccc2ncc(=O)[nH]c2n1. The summed E-state index contributed by atoms with van der Waals surface area (Å²) in [6.45, 7) is 2.34. The van der Waals surface area contributed by atoms with Gasteiger partial charge in [0.2, 0.25) is 0 Å². The van der Waals surface area contributed by atoms with Crippen LogP contribution in [0.3, 0.4) is 0 Å². The quantitative estimate of drug-likeness (QED) is 0.701. The van der Waals surface area contributed by atoms with Gasteiger partial charge in [-0.15, -0.1) is 0 Å². The molecule has 0 radical (unpaired) electrons. The zero-order valence-electron chi connectivity index (χ0n) is 9.15. The van der Waals surface area contributed by atoms with Gasteiger partial charge in [-0.3, -0.25) is 10.1 Å². The number of rotatable bonds is 2. The number of amides is 2. The van der Waals surface area contributed by atoms with Crippen LogP contribution in [0.4, 0.5) is 10.6 Å². The minimum Gasteiger partial charge on any atom is -0.338 e. The molecule has 2 rings (SSSR count). The summed E-state index contributed by atoms with van der Waals surface area (Å²) in [5.74, 6) is 0.354. The molecule has 0 aliphatic heterocycles. The van der Waals surface area contributed by atoms with Crippen molar-refractivity contribution in [3.63, 3.8) is 0 Å². The summed E-state index contributed by atoms with van der Waals surface area (Å²) < 4.78 is 0. The number of anilines is 1. The molecule has 7 nitrogen and oxygen atoms in total. The number of aromatic amines is 1. The molecule has 0 saturated carbocycles. The van der Waals surface area contributed by atoms with Crippen molar-refractivity contribution in [3.05, 3.63) is 28.7 Å². The monoisotopic (exact) mass is 233 g/mol. The van der Waals surface area contributed by atoms with Gasteiger partial charge in [0, 0.05) is 6.54 Å². The van der Waals surface area contributed by atoms with Gasteiger partial charge in [-0.1, -0.05) is 0 Å². The molecular formula is C10H11N5O2. The zero-order chi connectivity index (χ0) is 12.3. The van der Waals surface area contributed by atoms with Crippen LogP contribution in [-0.2, 0) is 0 Å². The van der Waals surface area contributed by atoms with Crippen LogP contribution in [0.1, 0.15) is 6.92 Å². The van der Waals surface area contributed by atoms with E-state index in [0.717, 1.165) is 0 Å². The highest BCUT2D eigenvalue weighted by molar-refractivity contribution is 5.89. The van der Waals surface area contributed by atoms with E-state index in [9.17, 15) is 9.59 Å². The van der Waals surface area contributed by atoms with Crippen LogP contribution in [0.2, 0.25) is 0 Å². The summed E-state index contributed by atoms with van der Waals surface area (Å²) in [4.78, 5) is 32.8. The molecule has 0 unspecified atom stereocenters. The summed E-state index contributed by atoms with van der Waals surface area (Å²) >= 11 is 0. The molecule has 2 aromatic rings. The third-order valence-electron chi connectivity index (χ3n) is 2.02. The number of nitrogens with zero attached hydrogens (tertiary/aromatic N) is 2. The van der Waals surface area contributed by atoms with Crippen LogP contribution in [0, 0.1) is 0 Å². The van der Waals surface area contributed by atoms with Crippen molar-refractivity contribution in [2.45, 2.75) is 6.92 Å². The second-order valence-electron chi connectivity index (χ2n) is 3.30. The Morgan fingerprint density at radius 3 is 3.06 bits per heavy atom. The lowest BCUT2D eigenvalue weighted by molar-refractivity contribution is 0.252. The molecule has 2 aromatic heterocycles. The Balaban J connectivity index is 2.30. The molecular weight excluding hydrogens is 222 g/mol. The Morgan fingerprint density at radius 1 is 1.47 bits per heavy atom. The number of hydrogen-bond acceptors (Lipinski definition) is 4. The molecule has 0 fully saturated rings. The normalized spacial score (nSPS) is 10.2. The third-order valence-corrected chi connectivity index (χ3v) is 2.02. The van der Waals surface area contributed by atoms with Crippen molar-refractivity contribution in [1.82, 2.24) is 20.3 Å². The smallest absolute Gasteiger partial charge is 0.320 e. The maximum absolute atomic E-state index is 11.3. The number of carbonyl (C=O) groups excluding carboxylic acids is 1. The lowest BCUT2D eigenvalue weighted by Gasteiger charge is -2.05. The number of nitrogens with one attached hydrogen (secondary N) is 3. The summed E-state index contributed by atoms with van der Waals surface area (Å²) in [5, 5.41) is 5.12. The standard InChI is InChI=1S/C10H11N5O2/c1-2-11-10(17)14-7-4-3-6-9(13-7)15-8(16)5-12-6/h3-5H,2H2,1H3,(H3,11,13,14,15,16,17). The van der Waals surface area contributed by atoms with E-state index in [1.165, 1.54) is 6.20 Å². The molecule has 88 valence electrons. The Bertz CT molecular complexity index is 607. The van der Waals surface area contributed by atoms with Gasteiger partial charge in [0.1, 0.15) is 11.3 Å². The van der Waals surface area contributed by atoms with Crippen molar-refractivity contribution in [2.75, 3.05) is 11.9 Å². The van der Waals surface area contributed by atoms with Crippen LogP contribution < -0.4 is 16.2 Å². The van der Waals surface area contributed by atoms with Crippen molar-refractivity contribution in [1.29, 1.82) is 0 Å². The minimum atomic E-state index is -0.342. The van der Waals surface area contributed by atoms with Gasteiger partial charge < -0.3 is 10.3 Å². The second kappa shape index (κ2) is 4.60. The van der Waals surface area contributed by atoms with Gasteiger partial charge in [-0.25, -0.2) is 14.8 Å². The topological polar surface area (TPSA) is 99.8 Å². The first-order valence-electron chi connectivity index (χ1n) is 5.10. The van der Waals surface area contributed by atoms with Crippen molar-refractivity contribution in [3.8, 4) is 0 Å². The van der Waals surface area contributed by atoms with Gasteiger partial charge in [-0.2, -0.15) is 0 Å². The first kappa shape index (κ1) is 11.1. The van der Waals surface area contributed by atoms with E-state index in [1.807, 2.05) is 6.92 Å².